The zero-order valence-corrected chi connectivity index (χ0v) is 19.4. The van der Waals surface area contributed by atoms with Crippen molar-refractivity contribution >= 4 is 35.0 Å². The molecule has 0 radical (unpaired) electrons. The van der Waals surface area contributed by atoms with Crippen LogP contribution in [-0.4, -0.2) is 40.9 Å². The fraction of sp³-hybridized carbons (Fsp3) is 0.478. The molecule has 0 bridgehead atoms. The quantitative estimate of drug-likeness (QED) is 0.706. The number of primary amides is 1. The maximum atomic E-state index is 13.9. The Bertz CT molecular complexity index is 1120. The number of aryl methyl sites for hydroxylation is 1. The van der Waals surface area contributed by atoms with Crippen molar-refractivity contribution in [1.82, 2.24) is 14.9 Å². The van der Waals surface area contributed by atoms with Crippen molar-refractivity contribution in [2.45, 2.75) is 51.5 Å². The average Bonchev–Trinajstić information content (AvgIpc) is 3.24. The summed E-state index contributed by atoms with van der Waals surface area (Å²) in [7, 11) is 1.46. The Hall–Kier alpha value is -2.94. The van der Waals surface area contributed by atoms with Crippen LogP contribution in [0.3, 0.4) is 0 Å². The largest absolute Gasteiger partial charge is 0.364 e. The molecule has 3 amide bonds. The Balaban J connectivity index is 1.57. The van der Waals surface area contributed by atoms with E-state index in [-0.39, 0.29) is 28.4 Å². The predicted octanol–water partition coefficient (Wildman–Crippen LogP) is 3.37. The highest BCUT2D eigenvalue weighted by molar-refractivity contribution is 6.34. The van der Waals surface area contributed by atoms with Gasteiger partial charge in [0.05, 0.1) is 17.0 Å². The van der Waals surface area contributed by atoms with Crippen molar-refractivity contribution in [3.05, 3.63) is 46.3 Å². The Labute approximate surface area is 196 Å². The van der Waals surface area contributed by atoms with Gasteiger partial charge in [0.15, 0.2) is 5.69 Å². The van der Waals surface area contributed by atoms with Gasteiger partial charge in [0.1, 0.15) is 11.5 Å². The van der Waals surface area contributed by atoms with E-state index in [9.17, 15) is 18.8 Å². The molecule has 0 unspecified atom stereocenters. The van der Waals surface area contributed by atoms with Gasteiger partial charge in [-0.3, -0.25) is 14.4 Å². The van der Waals surface area contributed by atoms with Gasteiger partial charge in [-0.05, 0) is 63.1 Å². The maximum absolute atomic E-state index is 13.9. The van der Waals surface area contributed by atoms with Crippen molar-refractivity contribution in [2.24, 2.45) is 11.1 Å². The molecule has 1 saturated heterocycles. The van der Waals surface area contributed by atoms with Gasteiger partial charge >= 0.3 is 0 Å². The molecule has 3 N–H and O–H groups in total. The van der Waals surface area contributed by atoms with Gasteiger partial charge in [0, 0.05) is 25.0 Å². The number of amides is 3. The molecule has 1 aromatic heterocycles. The summed E-state index contributed by atoms with van der Waals surface area (Å²) in [6.45, 7) is 2.19. The van der Waals surface area contributed by atoms with E-state index in [0.717, 1.165) is 12.8 Å². The second-order valence-corrected chi connectivity index (χ2v) is 9.32. The van der Waals surface area contributed by atoms with Crippen molar-refractivity contribution in [2.75, 3.05) is 18.5 Å². The predicted molar refractivity (Wildman–Crippen MR) is 122 cm³/mol. The number of anilines is 1. The van der Waals surface area contributed by atoms with Crippen LogP contribution in [-0.2, 0) is 4.79 Å². The highest BCUT2D eigenvalue weighted by Crippen LogP contribution is 2.49. The summed E-state index contributed by atoms with van der Waals surface area (Å²) >= 11 is 6.30. The van der Waals surface area contributed by atoms with Crippen LogP contribution in [0.5, 0.6) is 0 Å². The summed E-state index contributed by atoms with van der Waals surface area (Å²) in [6, 6.07) is 2.79. The zero-order valence-electron chi connectivity index (χ0n) is 18.7. The highest BCUT2D eigenvalue weighted by Gasteiger charge is 2.47. The van der Waals surface area contributed by atoms with Crippen molar-refractivity contribution in [3.63, 3.8) is 0 Å². The van der Waals surface area contributed by atoms with E-state index < -0.39 is 23.0 Å². The fourth-order valence-corrected chi connectivity index (χ4v) is 5.47. The number of hydrogen-bond donors (Lipinski definition) is 2. The monoisotopic (exact) mass is 475 g/mol. The first-order valence-corrected chi connectivity index (χ1v) is 11.4. The minimum Gasteiger partial charge on any atom is -0.364 e. The van der Waals surface area contributed by atoms with Gasteiger partial charge < -0.3 is 20.5 Å². The minimum atomic E-state index is -0.715. The van der Waals surface area contributed by atoms with Crippen LogP contribution in [0.4, 0.5) is 10.1 Å². The van der Waals surface area contributed by atoms with Crippen molar-refractivity contribution in [1.29, 1.82) is 0 Å². The van der Waals surface area contributed by atoms with E-state index in [1.807, 2.05) is 0 Å². The number of carbonyl (C=O) groups is 3. The van der Waals surface area contributed by atoms with Crippen LogP contribution in [0.15, 0.2) is 18.5 Å². The average molecular weight is 476 g/mol. The second kappa shape index (κ2) is 8.78. The van der Waals surface area contributed by atoms with Gasteiger partial charge in [0.25, 0.3) is 11.8 Å². The first kappa shape index (κ1) is 23.2. The Kier molecular flexibility index (Phi) is 6.18. The molecule has 1 aromatic carbocycles. The summed E-state index contributed by atoms with van der Waals surface area (Å²) < 4.78 is 15.6. The molecule has 2 aliphatic rings. The normalized spacial score (nSPS) is 23.1. The number of imidazole rings is 1. The minimum absolute atomic E-state index is 0.00604. The summed E-state index contributed by atoms with van der Waals surface area (Å²) in [6.07, 6.45) is 5.58. The van der Waals surface area contributed by atoms with Crippen LogP contribution in [0.2, 0.25) is 5.02 Å². The van der Waals surface area contributed by atoms with Gasteiger partial charge in [0.2, 0.25) is 5.91 Å². The molecule has 1 aliphatic heterocycles. The molecule has 33 heavy (non-hydrogen) atoms. The van der Waals surface area contributed by atoms with Crippen LogP contribution < -0.4 is 16.0 Å². The Morgan fingerprint density at radius 3 is 2.61 bits per heavy atom. The lowest BCUT2D eigenvalue weighted by molar-refractivity contribution is -0.133. The molecule has 176 valence electrons. The first-order valence-electron chi connectivity index (χ1n) is 11.0. The van der Waals surface area contributed by atoms with Crippen LogP contribution in [0.25, 0.3) is 0 Å². The van der Waals surface area contributed by atoms with Crippen LogP contribution in [0.1, 0.15) is 71.1 Å². The molecule has 10 heteroatoms. The number of hydrogen-bond acceptors (Lipinski definition) is 4. The van der Waals surface area contributed by atoms with E-state index in [2.05, 4.69) is 10.3 Å². The number of rotatable bonds is 4. The molecule has 1 aliphatic carbocycles. The van der Waals surface area contributed by atoms with Gasteiger partial charge in [-0.15, -0.1) is 0 Å². The number of aromatic nitrogens is 2. The summed E-state index contributed by atoms with van der Waals surface area (Å²) in [5, 5.41) is 2.70. The molecule has 2 heterocycles. The second-order valence-electron chi connectivity index (χ2n) is 8.92. The molecule has 2 aromatic rings. The molecule has 1 saturated carbocycles. The van der Waals surface area contributed by atoms with Gasteiger partial charge in [-0.2, -0.15) is 0 Å². The van der Waals surface area contributed by atoms with E-state index in [4.69, 9.17) is 17.3 Å². The molecular formula is C23H27ClFN5O3. The highest BCUT2D eigenvalue weighted by atomic mass is 35.5. The Morgan fingerprint density at radius 1 is 1.27 bits per heavy atom. The molecule has 1 spiro atoms. The summed E-state index contributed by atoms with van der Waals surface area (Å²) in [5.41, 5.74) is 6.10. The van der Waals surface area contributed by atoms with Gasteiger partial charge in [-0.1, -0.05) is 11.6 Å². The number of benzene rings is 1. The molecule has 0 atom stereocenters. The zero-order chi connectivity index (χ0) is 23.9. The molecule has 4 rings (SSSR count). The first-order chi connectivity index (χ1) is 15.7. The van der Waals surface area contributed by atoms with E-state index >= 15 is 0 Å². The lowest BCUT2D eigenvalue weighted by Gasteiger charge is -2.46. The van der Waals surface area contributed by atoms with E-state index in [1.165, 1.54) is 19.4 Å². The Morgan fingerprint density at radius 2 is 1.97 bits per heavy atom. The van der Waals surface area contributed by atoms with Crippen molar-refractivity contribution < 1.29 is 18.8 Å². The number of piperidine rings is 1. The number of nitrogens with two attached hydrogens (primary N) is 1. The molecule has 8 nitrogen and oxygen atoms in total. The van der Waals surface area contributed by atoms with Gasteiger partial charge in [-0.25, -0.2) is 9.37 Å². The standard InChI is InChI=1S/C23H27ClFN5O3/c1-13-10-17(15(24)11-16(13)25)29-9-3-6-23(22(29)33)7-4-14(5-8-23)30-12-28-18(21(32)27-2)19(30)20(26)31/h10-12,14H,3-9H2,1-2H3,(H2,26,31)(H,27,32). The third-order valence-corrected chi connectivity index (χ3v) is 7.33. The number of halogens is 2. The topological polar surface area (TPSA) is 110 Å². The summed E-state index contributed by atoms with van der Waals surface area (Å²) in [4.78, 5) is 43.6. The van der Waals surface area contributed by atoms with Crippen LogP contribution in [0, 0.1) is 18.2 Å². The lowest BCUT2D eigenvalue weighted by Crippen LogP contribution is -2.50. The molecular weight excluding hydrogens is 449 g/mol. The SMILES string of the molecule is CNC(=O)c1ncn(C2CCC3(CCCN(c4cc(C)c(F)cc4Cl)C3=O)CC2)c1C(N)=O. The lowest BCUT2D eigenvalue weighted by atomic mass is 9.67. The van der Waals surface area contributed by atoms with E-state index in [1.54, 1.807) is 22.5 Å². The number of nitrogens with zero attached hydrogens (tertiary/aromatic N) is 3. The smallest absolute Gasteiger partial charge is 0.272 e. The third-order valence-electron chi connectivity index (χ3n) is 7.03. The van der Waals surface area contributed by atoms with Crippen molar-refractivity contribution in [3.8, 4) is 0 Å². The number of carbonyl (C=O) groups excluding carboxylic acids is 3. The van der Waals surface area contributed by atoms with E-state index in [0.29, 0.717) is 43.5 Å². The van der Waals surface area contributed by atoms with Crippen LogP contribution >= 0.6 is 11.6 Å². The summed E-state index contributed by atoms with van der Waals surface area (Å²) in [5.74, 6) is -1.58. The fourth-order valence-electron chi connectivity index (χ4n) is 5.21. The number of nitrogens with one attached hydrogen (secondary N) is 1. The maximum Gasteiger partial charge on any atom is 0.272 e. The molecule has 2 fully saturated rings. The third kappa shape index (κ3) is 3.99.